The highest BCUT2D eigenvalue weighted by molar-refractivity contribution is 7.81. The first kappa shape index (κ1) is 32.3. The van der Waals surface area contributed by atoms with Crippen LogP contribution in [0, 0.1) is 5.92 Å². The van der Waals surface area contributed by atoms with Crippen LogP contribution in [0.3, 0.4) is 0 Å². The van der Waals surface area contributed by atoms with E-state index in [0.29, 0.717) is 0 Å². The Labute approximate surface area is 171 Å². The molecule has 1 atom stereocenters. The largest absolute Gasteiger partial charge is 0.383 e. The highest BCUT2D eigenvalue weighted by Crippen LogP contribution is 2.07. The van der Waals surface area contributed by atoms with Gasteiger partial charge in [0.05, 0.1) is 0 Å². The normalized spacial score (nSPS) is 11.9. The third-order valence-electron chi connectivity index (χ3n) is 2.24. The van der Waals surface area contributed by atoms with Crippen LogP contribution in [0.2, 0.25) is 0 Å². The second-order valence-electron chi connectivity index (χ2n) is 6.77. The first-order valence-electron chi connectivity index (χ1n) is 9.21. The Hall–Kier alpha value is -1.41. The molecule has 0 fully saturated rings. The van der Waals surface area contributed by atoms with Gasteiger partial charge in [-0.3, -0.25) is 0 Å². The van der Waals surface area contributed by atoms with Crippen LogP contribution in [0.25, 0.3) is 0 Å². The fraction of sp³-hybridized carbons (Fsp3) is 0.500. The van der Waals surface area contributed by atoms with Crippen LogP contribution in [-0.4, -0.2) is 23.7 Å². The standard InChI is InChI=1S/C9H15N.C7H14.C4H10S.C4H6/c1-4-5-6-7-8-9-10(2)3;1-4-6-7(3)5-2;1-4(2,3)5;1-3-4-2/h4-9H,1-3H3;4,6-7H,5H2,1-3H3;5H,1-3H3;3-4H,1-2H2/b5-4-,7-6-,9-8?;6-4-;;. The predicted molar refractivity (Wildman–Crippen MR) is 130 cm³/mol. The molecule has 152 valence electrons. The zero-order valence-electron chi connectivity index (χ0n) is 18.9. The molecule has 1 nitrogen and oxygen atoms in total. The van der Waals surface area contributed by atoms with E-state index in [1.165, 1.54) is 6.42 Å². The van der Waals surface area contributed by atoms with E-state index in [1.807, 2.05) is 62.5 Å². The minimum atomic E-state index is 0.194. The number of rotatable bonds is 6. The molecule has 0 N–H and O–H groups in total. The van der Waals surface area contributed by atoms with Crippen LogP contribution >= 0.6 is 12.6 Å². The molecule has 0 aliphatic heterocycles. The van der Waals surface area contributed by atoms with Gasteiger partial charge in [-0.15, -0.1) is 0 Å². The van der Waals surface area contributed by atoms with Crippen molar-refractivity contribution >= 4 is 12.6 Å². The fourth-order valence-corrected chi connectivity index (χ4v) is 0.926. The van der Waals surface area contributed by atoms with Gasteiger partial charge in [-0.05, 0) is 32.0 Å². The van der Waals surface area contributed by atoms with E-state index in [9.17, 15) is 0 Å². The highest BCUT2D eigenvalue weighted by atomic mass is 32.1. The van der Waals surface area contributed by atoms with Crippen molar-refractivity contribution in [2.24, 2.45) is 5.92 Å². The van der Waals surface area contributed by atoms with Gasteiger partial charge in [-0.1, -0.05) is 103 Å². The first-order chi connectivity index (χ1) is 12.0. The van der Waals surface area contributed by atoms with Gasteiger partial charge in [0.25, 0.3) is 0 Å². The third kappa shape index (κ3) is 78.4. The molecule has 1 unspecified atom stereocenters. The molecule has 0 rings (SSSR count). The van der Waals surface area contributed by atoms with E-state index < -0.39 is 0 Å². The summed E-state index contributed by atoms with van der Waals surface area (Å²) in [5.74, 6) is 0.769. The molecule has 0 radical (unpaired) electrons. The Kier molecular flexibility index (Phi) is 32.1. The molecule has 26 heavy (non-hydrogen) atoms. The van der Waals surface area contributed by atoms with E-state index in [4.69, 9.17) is 0 Å². The zero-order valence-corrected chi connectivity index (χ0v) is 19.8. The molecule has 0 heterocycles. The summed E-state index contributed by atoms with van der Waals surface area (Å²) in [5.41, 5.74) is 0. The van der Waals surface area contributed by atoms with Gasteiger partial charge in [-0.25, -0.2) is 0 Å². The monoisotopic (exact) mass is 379 g/mol. The van der Waals surface area contributed by atoms with Gasteiger partial charge in [0.2, 0.25) is 0 Å². The van der Waals surface area contributed by atoms with Crippen LogP contribution in [0.5, 0.6) is 0 Å². The van der Waals surface area contributed by atoms with Gasteiger partial charge in [0.1, 0.15) is 0 Å². The number of hydrogen-bond donors (Lipinski definition) is 1. The van der Waals surface area contributed by atoms with Gasteiger partial charge in [-0.2, -0.15) is 12.6 Å². The lowest BCUT2D eigenvalue weighted by molar-refractivity contribution is 0.564. The molecule has 0 bridgehead atoms. The van der Waals surface area contributed by atoms with E-state index in [0.717, 1.165) is 5.92 Å². The number of nitrogens with zero attached hydrogens (tertiary/aromatic N) is 1. The van der Waals surface area contributed by atoms with Crippen molar-refractivity contribution in [3.8, 4) is 0 Å². The molecule has 0 spiro atoms. The lowest BCUT2D eigenvalue weighted by Crippen LogP contribution is -1.99. The topological polar surface area (TPSA) is 3.24 Å². The molecular weight excluding hydrogens is 334 g/mol. The molecule has 0 amide bonds. The van der Waals surface area contributed by atoms with Gasteiger partial charge in [0, 0.05) is 18.8 Å². The smallest absolute Gasteiger partial charge is 0.00556 e. The maximum atomic E-state index is 4.12. The SMILES string of the molecule is C/C=C\C(C)CC.C/C=C\C=C/C=CN(C)C.C=CC=C.CC(C)(C)S. The molecule has 0 saturated carbocycles. The Balaban J connectivity index is -0.000000133. The average Bonchev–Trinajstić information content (AvgIpc) is 2.54. The van der Waals surface area contributed by atoms with Crippen molar-refractivity contribution in [2.45, 2.75) is 59.6 Å². The van der Waals surface area contributed by atoms with Crippen LogP contribution < -0.4 is 0 Å². The minimum Gasteiger partial charge on any atom is -0.383 e. The Bertz CT molecular complexity index is 381. The summed E-state index contributed by atoms with van der Waals surface area (Å²) in [6.07, 6.45) is 20.9. The molecule has 0 aromatic rings. The second-order valence-corrected chi connectivity index (χ2v) is 8.11. The van der Waals surface area contributed by atoms with Crippen molar-refractivity contribution in [2.75, 3.05) is 14.1 Å². The quantitative estimate of drug-likeness (QED) is 0.279. The van der Waals surface area contributed by atoms with Crippen molar-refractivity contribution < 1.29 is 0 Å². The van der Waals surface area contributed by atoms with E-state index in [-0.39, 0.29) is 4.75 Å². The summed E-state index contributed by atoms with van der Waals surface area (Å²) in [6, 6.07) is 0. The van der Waals surface area contributed by atoms with Crippen LogP contribution in [0.15, 0.2) is 74.0 Å². The molecule has 2 heteroatoms. The van der Waals surface area contributed by atoms with E-state index >= 15 is 0 Å². The number of thiol groups is 1. The number of hydrogen-bond acceptors (Lipinski definition) is 2. The van der Waals surface area contributed by atoms with Crippen molar-refractivity contribution in [1.29, 1.82) is 0 Å². The lowest BCUT2D eigenvalue weighted by Gasteiger charge is -2.04. The zero-order chi connectivity index (χ0) is 21.4. The van der Waals surface area contributed by atoms with Crippen LogP contribution in [-0.2, 0) is 0 Å². The summed E-state index contributed by atoms with van der Waals surface area (Å²) in [7, 11) is 4.00. The van der Waals surface area contributed by atoms with Crippen LogP contribution in [0.4, 0.5) is 0 Å². The molecular formula is C24H45NS. The Morgan fingerprint density at radius 2 is 1.35 bits per heavy atom. The van der Waals surface area contributed by atoms with E-state index in [1.54, 1.807) is 12.2 Å². The summed E-state index contributed by atoms with van der Waals surface area (Å²) >= 11 is 4.12. The molecule has 0 aromatic carbocycles. The van der Waals surface area contributed by atoms with Crippen molar-refractivity contribution in [1.82, 2.24) is 4.90 Å². The Morgan fingerprint density at radius 3 is 1.58 bits per heavy atom. The van der Waals surface area contributed by atoms with Gasteiger partial charge in [0.15, 0.2) is 0 Å². The average molecular weight is 380 g/mol. The fourth-order valence-electron chi connectivity index (χ4n) is 0.926. The van der Waals surface area contributed by atoms with Gasteiger partial charge >= 0.3 is 0 Å². The maximum Gasteiger partial charge on any atom is 0.00556 e. The van der Waals surface area contributed by atoms with Crippen molar-refractivity contribution in [3.05, 3.63) is 74.0 Å². The Morgan fingerprint density at radius 1 is 0.923 bits per heavy atom. The third-order valence-corrected chi connectivity index (χ3v) is 2.24. The van der Waals surface area contributed by atoms with Gasteiger partial charge < -0.3 is 4.90 Å². The van der Waals surface area contributed by atoms with E-state index in [2.05, 4.69) is 79.5 Å². The maximum absolute atomic E-state index is 4.12. The van der Waals surface area contributed by atoms with Crippen LogP contribution in [0.1, 0.15) is 54.9 Å². The predicted octanol–water partition coefficient (Wildman–Crippen LogP) is 7.88. The summed E-state index contributed by atoms with van der Waals surface area (Å²) in [4.78, 5) is 2.00. The molecule has 0 aliphatic rings. The molecule has 0 aliphatic carbocycles. The summed E-state index contributed by atoms with van der Waals surface area (Å²) in [6.45, 7) is 21.4. The summed E-state index contributed by atoms with van der Waals surface area (Å²) in [5, 5.41) is 0. The minimum absolute atomic E-state index is 0.194. The molecule has 0 saturated heterocycles. The molecule has 0 aromatic heterocycles. The first-order valence-corrected chi connectivity index (χ1v) is 9.65. The lowest BCUT2D eigenvalue weighted by atomic mass is 10.1. The highest BCUT2D eigenvalue weighted by Gasteiger charge is 1.96. The van der Waals surface area contributed by atoms with Crippen molar-refractivity contribution in [3.63, 3.8) is 0 Å². The number of allylic oxidation sites excluding steroid dienone is 9. The second kappa shape index (κ2) is 25.8. The summed E-state index contributed by atoms with van der Waals surface area (Å²) < 4.78 is 0.194.